The van der Waals surface area contributed by atoms with Crippen LogP contribution in [0.2, 0.25) is 0 Å². The van der Waals surface area contributed by atoms with Crippen molar-refractivity contribution in [3.63, 3.8) is 0 Å². The summed E-state index contributed by atoms with van der Waals surface area (Å²) in [5.74, 6) is -0.168. The minimum atomic E-state index is -0.796. The highest BCUT2D eigenvalue weighted by molar-refractivity contribution is 7.98. The molecule has 7 nitrogen and oxygen atoms in total. The van der Waals surface area contributed by atoms with E-state index in [4.69, 9.17) is 0 Å². The lowest BCUT2D eigenvalue weighted by molar-refractivity contribution is -0.134. The monoisotopic (exact) mass is 376 g/mol. The molecule has 0 aromatic heterocycles. The van der Waals surface area contributed by atoms with E-state index in [1.807, 2.05) is 24.5 Å². The Morgan fingerprint density at radius 1 is 1.23 bits per heavy atom. The third-order valence-corrected chi connectivity index (χ3v) is 6.10. The molecule has 1 aromatic carbocycles. The first-order chi connectivity index (χ1) is 12.4. The van der Waals surface area contributed by atoms with Gasteiger partial charge in [0.05, 0.1) is 0 Å². The van der Waals surface area contributed by atoms with Gasteiger partial charge in [-0.05, 0) is 36.8 Å². The van der Waals surface area contributed by atoms with Crippen LogP contribution in [-0.2, 0) is 11.3 Å². The van der Waals surface area contributed by atoms with Gasteiger partial charge in [-0.1, -0.05) is 12.1 Å². The van der Waals surface area contributed by atoms with Crippen molar-refractivity contribution in [3.8, 4) is 0 Å². The fraction of sp³-hybridized carbons (Fsp3) is 0.500. The molecule has 2 aliphatic rings. The van der Waals surface area contributed by atoms with Gasteiger partial charge in [0, 0.05) is 38.6 Å². The molecule has 0 radical (unpaired) electrons. The summed E-state index contributed by atoms with van der Waals surface area (Å²) in [5, 5.41) is 2.94. The molecule has 2 fully saturated rings. The van der Waals surface area contributed by atoms with Crippen LogP contribution in [0.15, 0.2) is 29.2 Å². The fourth-order valence-corrected chi connectivity index (χ4v) is 4.14. The van der Waals surface area contributed by atoms with Gasteiger partial charge in [0.15, 0.2) is 0 Å². The second-order valence-electron chi connectivity index (χ2n) is 6.73. The molecule has 140 valence electrons. The molecule has 2 saturated heterocycles. The zero-order valence-electron chi connectivity index (χ0n) is 15.3. The lowest BCUT2D eigenvalue weighted by atomic mass is 9.86. The molecule has 0 saturated carbocycles. The number of benzene rings is 1. The van der Waals surface area contributed by atoms with Crippen LogP contribution < -0.4 is 5.32 Å². The number of likely N-dealkylation sites (tertiary alicyclic amines) is 1. The first-order valence-corrected chi connectivity index (χ1v) is 9.83. The Kier molecular flexibility index (Phi) is 5.13. The molecule has 1 spiro atoms. The average molecular weight is 376 g/mol. The lowest BCUT2D eigenvalue weighted by Crippen LogP contribution is -2.57. The molecule has 0 aliphatic carbocycles. The number of carbonyl (C=O) groups is 3. The molecule has 0 atom stereocenters. The van der Waals surface area contributed by atoms with E-state index in [9.17, 15) is 14.4 Å². The van der Waals surface area contributed by atoms with Crippen molar-refractivity contribution in [2.24, 2.45) is 0 Å². The number of rotatable bonds is 3. The van der Waals surface area contributed by atoms with Crippen molar-refractivity contribution in [3.05, 3.63) is 29.8 Å². The zero-order chi connectivity index (χ0) is 18.9. The Balaban J connectivity index is 1.57. The highest BCUT2D eigenvalue weighted by Gasteiger charge is 2.55. The fourth-order valence-electron chi connectivity index (χ4n) is 3.65. The van der Waals surface area contributed by atoms with Crippen molar-refractivity contribution < 1.29 is 14.4 Å². The van der Waals surface area contributed by atoms with E-state index in [-0.39, 0.29) is 18.0 Å². The maximum Gasteiger partial charge on any atom is 0.327 e. The smallest absolute Gasteiger partial charge is 0.327 e. The second kappa shape index (κ2) is 7.19. The lowest BCUT2D eigenvalue weighted by Gasteiger charge is -2.40. The van der Waals surface area contributed by atoms with E-state index in [0.717, 1.165) is 10.5 Å². The maximum absolute atomic E-state index is 12.5. The Hall–Kier alpha value is -2.22. The van der Waals surface area contributed by atoms with Gasteiger partial charge in [0.25, 0.3) is 5.91 Å². The molecule has 2 heterocycles. The van der Waals surface area contributed by atoms with Gasteiger partial charge in [0.2, 0.25) is 0 Å². The van der Waals surface area contributed by atoms with E-state index in [0.29, 0.717) is 32.5 Å². The Bertz CT molecular complexity index is 731. The number of hydrogen-bond donors (Lipinski definition) is 1. The second-order valence-corrected chi connectivity index (χ2v) is 7.61. The maximum atomic E-state index is 12.5. The number of amides is 5. The summed E-state index contributed by atoms with van der Waals surface area (Å²) in [6, 6.07) is 7.65. The van der Waals surface area contributed by atoms with Gasteiger partial charge in [-0.2, -0.15) is 0 Å². The summed E-state index contributed by atoms with van der Waals surface area (Å²) in [7, 11) is 3.18. The minimum absolute atomic E-state index is 0.137. The van der Waals surface area contributed by atoms with Crippen molar-refractivity contribution in [1.82, 2.24) is 20.0 Å². The quantitative estimate of drug-likeness (QED) is 0.647. The van der Waals surface area contributed by atoms with Crippen molar-refractivity contribution >= 4 is 29.7 Å². The summed E-state index contributed by atoms with van der Waals surface area (Å²) < 4.78 is 0. The largest absolute Gasteiger partial charge is 0.334 e. The van der Waals surface area contributed by atoms with Crippen LogP contribution in [0.25, 0.3) is 0 Å². The van der Waals surface area contributed by atoms with Gasteiger partial charge in [-0.25, -0.2) is 9.59 Å². The average Bonchev–Trinajstić information content (AvgIpc) is 2.83. The topological polar surface area (TPSA) is 73.0 Å². The predicted octanol–water partition coefficient (Wildman–Crippen LogP) is 1.98. The SMILES string of the molecule is CSc1cccc(CNC(=O)N2CCC3(CC2)C(=O)N(C)C(=O)N3C)c1. The zero-order valence-corrected chi connectivity index (χ0v) is 16.1. The van der Waals surface area contributed by atoms with Gasteiger partial charge < -0.3 is 15.1 Å². The van der Waals surface area contributed by atoms with E-state index >= 15 is 0 Å². The molecular weight excluding hydrogens is 352 g/mol. The van der Waals surface area contributed by atoms with E-state index in [1.54, 1.807) is 23.7 Å². The van der Waals surface area contributed by atoms with Gasteiger partial charge in [-0.15, -0.1) is 11.8 Å². The molecular formula is C18H24N4O3S. The third-order valence-electron chi connectivity index (χ3n) is 5.37. The van der Waals surface area contributed by atoms with Gasteiger partial charge in [0.1, 0.15) is 5.54 Å². The van der Waals surface area contributed by atoms with Gasteiger partial charge >= 0.3 is 12.1 Å². The number of piperidine rings is 1. The standard InChI is InChI=1S/C18H24N4O3S/c1-20-15(23)18(21(2)17(20)25)7-9-22(10-8-18)16(24)19-12-13-5-4-6-14(11-13)26-3/h4-6,11H,7-10,12H2,1-3H3,(H,19,24). The summed E-state index contributed by atoms with van der Waals surface area (Å²) in [4.78, 5) is 42.6. The highest BCUT2D eigenvalue weighted by atomic mass is 32.2. The Labute approximate surface area is 157 Å². The normalized spacial score (nSPS) is 19.4. The number of nitrogens with one attached hydrogen (secondary N) is 1. The number of urea groups is 2. The first kappa shape index (κ1) is 18.6. The minimum Gasteiger partial charge on any atom is -0.334 e. The van der Waals surface area contributed by atoms with E-state index in [2.05, 4.69) is 11.4 Å². The van der Waals surface area contributed by atoms with E-state index < -0.39 is 5.54 Å². The van der Waals surface area contributed by atoms with Crippen LogP contribution in [-0.4, -0.2) is 71.6 Å². The third kappa shape index (κ3) is 3.13. The van der Waals surface area contributed by atoms with Crippen LogP contribution >= 0.6 is 11.8 Å². The number of nitrogens with zero attached hydrogens (tertiary/aromatic N) is 3. The number of imide groups is 1. The molecule has 1 aromatic rings. The molecule has 3 rings (SSSR count). The van der Waals surface area contributed by atoms with Crippen molar-refractivity contribution in [2.45, 2.75) is 29.8 Å². The first-order valence-electron chi connectivity index (χ1n) is 8.61. The number of hydrogen-bond acceptors (Lipinski definition) is 4. The Morgan fingerprint density at radius 2 is 1.92 bits per heavy atom. The molecule has 0 unspecified atom stereocenters. The summed E-state index contributed by atoms with van der Waals surface area (Å²) in [6.07, 6.45) is 2.95. The van der Waals surface area contributed by atoms with Crippen molar-refractivity contribution in [2.75, 3.05) is 33.4 Å². The molecule has 26 heavy (non-hydrogen) atoms. The number of carbonyl (C=O) groups excluding carboxylic acids is 3. The molecule has 5 amide bonds. The van der Waals surface area contributed by atoms with Crippen molar-refractivity contribution in [1.29, 1.82) is 0 Å². The predicted molar refractivity (Wildman–Crippen MR) is 99.9 cm³/mol. The summed E-state index contributed by atoms with van der Waals surface area (Å²) in [5.41, 5.74) is 0.256. The molecule has 1 N–H and O–H groups in total. The molecule has 0 bridgehead atoms. The Morgan fingerprint density at radius 3 is 2.50 bits per heavy atom. The van der Waals surface area contributed by atoms with Crippen LogP contribution in [0, 0.1) is 0 Å². The van der Waals surface area contributed by atoms with E-state index in [1.165, 1.54) is 16.8 Å². The highest BCUT2D eigenvalue weighted by Crippen LogP contribution is 2.35. The van der Waals surface area contributed by atoms with Crippen LogP contribution in [0.4, 0.5) is 9.59 Å². The molecule has 2 aliphatic heterocycles. The number of likely N-dealkylation sites (N-methyl/N-ethyl adjacent to an activating group) is 2. The molecule has 8 heteroatoms. The van der Waals surface area contributed by atoms with Crippen LogP contribution in [0.5, 0.6) is 0 Å². The number of thioether (sulfide) groups is 1. The summed E-state index contributed by atoms with van der Waals surface area (Å²) >= 11 is 1.67. The summed E-state index contributed by atoms with van der Waals surface area (Å²) in [6.45, 7) is 1.37. The van der Waals surface area contributed by atoms with Gasteiger partial charge in [-0.3, -0.25) is 9.69 Å². The van der Waals surface area contributed by atoms with Crippen LogP contribution in [0.1, 0.15) is 18.4 Å². The van der Waals surface area contributed by atoms with Crippen LogP contribution in [0.3, 0.4) is 0 Å².